The number of rotatable bonds is 3. The van der Waals surface area contributed by atoms with E-state index in [0.29, 0.717) is 0 Å². The van der Waals surface area contributed by atoms with Crippen LogP contribution in [0.4, 0.5) is 0 Å². The van der Waals surface area contributed by atoms with Gasteiger partial charge in [-0.05, 0) is 59.0 Å². The quantitative estimate of drug-likeness (QED) is 0.452. The van der Waals surface area contributed by atoms with Crippen LogP contribution in [-0.2, 0) is 0 Å². The molecule has 23 heavy (non-hydrogen) atoms. The second-order valence-corrected chi connectivity index (χ2v) is 6.25. The Morgan fingerprint density at radius 2 is 1.00 bits per heavy atom. The van der Waals surface area contributed by atoms with Crippen molar-refractivity contribution in [2.24, 2.45) is 0 Å². The number of hydrogen-bond acceptors (Lipinski definition) is 0. The largest absolute Gasteiger partial charge is 0.0843 e. The number of hydrogen-bond donors (Lipinski definition) is 0. The lowest BCUT2D eigenvalue weighted by molar-refractivity contribution is 1.50. The first kappa shape index (κ1) is 15.9. The maximum atomic E-state index is 6.05. The normalized spacial score (nSPS) is 12.0. The molecule has 0 heterocycles. The van der Waals surface area contributed by atoms with Gasteiger partial charge in [-0.25, -0.2) is 0 Å². The molecule has 0 aliphatic heterocycles. The van der Waals surface area contributed by atoms with Crippen LogP contribution >= 0.6 is 23.2 Å². The highest BCUT2D eigenvalue weighted by Gasteiger charge is 2.10. The average molecular weight is 339 g/mol. The fourth-order valence-electron chi connectivity index (χ4n) is 2.67. The van der Waals surface area contributed by atoms with Crippen molar-refractivity contribution in [3.05, 3.63) is 106 Å². The third-order valence-corrected chi connectivity index (χ3v) is 4.35. The minimum atomic E-state index is 0.741. The smallest absolute Gasteiger partial charge is 0.0406 e. The molecule has 0 aromatic heterocycles. The van der Waals surface area contributed by atoms with Gasteiger partial charge in [-0.2, -0.15) is 0 Å². The Kier molecular flexibility index (Phi) is 4.85. The molecular formula is C21H16Cl2. The Hall–Kier alpha value is -2.02. The Bertz CT molecular complexity index is 814. The third-order valence-electron chi connectivity index (χ3n) is 3.85. The Morgan fingerprint density at radius 3 is 1.52 bits per heavy atom. The van der Waals surface area contributed by atoms with Crippen LogP contribution in [0.3, 0.4) is 0 Å². The fraction of sp³-hybridized carbons (Fsp3) is 0.0476. The summed E-state index contributed by atoms with van der Waals surface area (Å²) in [5, 5.41) is 1.49. The predicted molar refractivity (Wildman–Crippen MR) is 101 cm³/mol. The topological polar surface area (TPSA) is 0 Å². The molecular weight excluding hydrogens is 323 g/mol. The first-order valence-corrected chi connectivity index (χ1v) is 8.19. The van der Waals surface area contributed by atoms with Crippen molar-refractivity contribution < 1.29 is 0 Å². The second kappa shape index (κ2) is 7.04. The van der Waals surface area contributed by atoms with Crippen molar-refractivity contribution in [1.82, 2.24) is 0 Å². The van der Waals surface area contributed by atoms with Gasteiger partial charge in [0, 0.05) is 10.0 Å². The first-order valence-electron chi connectivity index (χ1n) is 7.43. The van der Waals surface area contributed by atoms with Gasteiger partial charge in [0.15, 0.2) is 0 Å². The molecule has 0 spiro atoms. The molecule has 0 unspecified atom stereocenters. The van der Waals surface area contributed by atoms with E-state index in [9.17, 15) is 0 Å². The van der Waals surface area contributed by atoms with Gasteiger partial charge in [-0.3, -0.25) is 0 Å². The summed E-state index contributed by atoms with van der Waals surface area (Å²) in [5.41, 5.74) is 5.89. The molecule has 3 aromatic carbocycles. The van der Waals surface area contributed by atoms with Crippen LogP contribution in [0.5, 0.6) is 0 Å². The number of halogens is 2. The van der Waals surface area contributed by atoms with E-state index in [2.05, 4.69) is 55.5 Å². The van der Waals surface area contributed by atoms with Gasteiger partial charge < -0.3 is 0 Å². The van der Waals surface area contributed by atoms with Crippen LogP contribution in [0.2, 0.25) is 10.0 Å². The molecule has 2 heteroatoms. The summed E-state index contributed by atoms with van der Waals surface area (Å²) in [6.07, 6.45) is 0. The van der Waals surface area contributed by atoms with Crippen LogP contribution in [0.25, 0.3) is 11.1 Å². The molecule has 0 saturated heterocycles. The second-order valence-electron chi connectivity index (χ2n) is 5.38. The average Bonchev–Trinajstić information content (AvgIpc) is 2.58. The van der Waals surface area contributed by atoms with E-state index in [1.165, 1.54) is 16.7 Å². The molecule has 0 saturated carbocycles. The minimum absolute atomic E-state index is 0.741. The molecule has 3 aromatic rings. The van der Waals surface area contributed by atoms with Gasteiger partial charge >= 0.3 is 0 Å². The van der Waals surface area contributed by atoms with Gasteiger partial charge in [-0.15, -0.1) is 0 Å². The Morgan fingerprint density at radius 1 is 0.565 bits per heavy atom. The molecule has 0 aliphatic rings. The Labute approximate surface area is 147 Å². The third kappa shape index (κ3) is 3.67. The Balaban J connectivity index is 2.20. The first-order chi connectivity index (χ1) is 11.1. The summed E-state index contributed by atoms with van der Waals surface area (Å²) in [5.74, 6) is 0. The maximum Gasteiger partial charge on any atom is 0.0406 e. The van der Waals surface area contributed by atoms with E-state index in [4.69, 9.17) is 23.2 Å². The molecule has 0 atom stereocenters. The van der Waals surface area contributed by atoms with Crippen LogP contribution in [-0.4, -0.2) is 0 Å². The summed E-state index contributed by atoms with van der Waals surface area (Å²) in [4.78, 5) is 0. The van der Waals surface area contributed by atoms with Crippen LogP contribution < -0.4 is 0 Å². The zero-order chi connectivity index (χ0) is 16.2. The zero-order valence-electron chi connectivity index (χ0n) is 12.8. The highest BCUT2D eigenvalue weighted by molar-refractivity contribution is 6.31. The van der Waals surface area contributed by atoms with E-state index in [1.807, 2.05) is 30.3 Å². The molecule has 3 rings (SSSR count). The molecule has 0 nitrogen and oxygen atoms in total. The zero-order valence-corrected chi connectivity index (χ0v) is 14.3. The highest BCUT2D eigenvalue weighted by atomic mass is 35.5. The minimum Gasteiger partial charge on any atom is -0.0843 e. The van der Waals surface area contributed by atoms with Gasteiger partial charge in [0.2, 0.25) is 0 Å². The molecule has 0 fully saturated rings. The molecule has 0 N–H and O–H groups in total. The van der Waals surface area contributed by atoms with E-state index < -0.39 is 0 Å². The maximum absolute atomic E-state index is 6.05. The summed E-state index contributed by atoms with van der Waals surface area (Å²) in [6.45, 7) is 2.14. The van der Waals surface area contributed by atoms with Crippen LogP contribution in [0, 0.1) is 0 Å². The van der Waals surface area contributed by atoms with E-state index in [-0.39, 0.29) is 0 Å². The van der Waals surface area contributed by atoms with E-state index in [0.717, 1.165) is 21.2 Å². The summed E-state index contributed by atoms with van der Waals surface area (Å²) in [7, 11) is 0. The molecule has 0 radical (unpaired) electrons. The van der Waals surface area contributed by atoms with Crippen LogP contribution in [0.1, 0.15) is 23.6 Å². The lowest BCUT2D eigenvalue weighted by Gasteiger charge is -2.14. The van der Waals surface area contributed by atoms with Gasteiger partial charge in [0.05, 0.1) is 0 Å². The predicted octanol–water partition coefficient (Wildman–Crippen LogP) is 6.97. The molecule has 0 amide bonds. The van der Waals surface area contributed by atoms with Crippen LogP contribution in [0.15, 0.2) is 78.9 Å². The van der Waals surface area contributed by atoms with Gasteiger partial charge in [-0.1, -0.05) is 77.8 Å². The molecule has 0 bridgehead atoms. The van der Waals surface area contributed by atoms with Crippen molar-refractivity contribution in [1.29, 1.82) is 0 Å². The summed E-state index contributed by atoms with van der Waals surface area (Å²) >= 11 is 12.1. The monoisotopic (exact) mass is 338 g/mol. The van der Waals surface area contributed by atoms with Crippen molar-refractivity contribution in [3.63, 3.8) is 0 Å². The lowest BCUT2D eigenvalue weighted by Crippen LogP contribution is -1.92. The summed E-state index contributed by atoms with van der Waals surface area (Å²) in [6, 6.07) is 26.3. The highest BCUT2D eigenvalue weighted by Crippen LogP contribution is 2.32. The summed E-state index contributed by atoms with van der Waals surface area (Å²) < 4.78 is 0. The van der Waals surface area contributed by atoms with Crippen molar-refractivity contribution >= 4 is 34.3 Å². The van der Waals surface area contributed by atoms with Gasteiger partial charge in [0.25, 0.3) is 0 Å². The number of benzene rings is 3. The van der Waals surface area contributed by atoms with Crippen molar-refractivity contribution in [2.75, 3.05) is 0 Å². The number of allylic oxidation sites excluding steroid dienone is 1. The van der Waals surface area contributed by atoms with E-state index >= 15 is 0 Å². The van der Waals surface area contributed by atoms with Gasteiger partial charge in [0.1, 0.15) is 0 Å². The van der Waals surface area contributed by atoms with Crippen molar-refractivity contribution in [3.8, 4) is 0 Å². The molecule has 114 valence electrons. The van der Waals surface area contributed by atoms with Crippen molar-refractivity contribution in [2.45, 2.75) is 6.92 Å². The fourth-order valence-corrected chi connectivity index (χ4v) is 2.92. The molecule has 0 aliphatic carbocycles. The van der Waals surface area contributed by atoms with E-state index in [1.54, 1.807) is 0 Å². The SMILES string of the molecule is C/C(=C(\c1ccccc1)c1ccc(Cl)cc1)c1ccc(Cl)cc1. The standard InChI is InChI=1S/C21H16Cl2/c1-15(16-7-11-19(22)12-8-16)21(17-5-3-2-4-6-17)18-9-13-20(23)14-10-18/h2-14H,1H3/b21-15-. The lowest BCUT2D eigenvalue weighted by atomic mass is 9.90.